The second-order valence-corrected chi connectivity index (χ2v) is 5.25. The summed E-state index contributed by atoms with van der Waals surface area (Å²) >= 11 is 0. The van der Waals surface area contributed by atoms with Crippen molar-refractivity contribution >= 4 is 11.0 Å². The molecule has 0 aliphatic rings. The van der Waals surface area contributed by atoms with Crippen molar-refractivity contribution in [3.63, 3.8) is 0 Å². The van der Waals surface area contributed by atoms with Crippen molar-refractivity contribution in [2.45, 2.75) is 45.7 Å². The maximum atomic E-state index is 12.2. The van der Waals surface area contributed by atoms with Gasteiger partial charge >= 0.3 is 0 Å². The lowest BCUT2D eigenvalue weighted by Crippen LogP contribution is -2.27. The van der Waals surface area contributed by atoms with Gasteiger partial charge in [-0.25, -0.2) is 4.98 Å². The Morgan fingerprint density at radius 3 is 3.00 bits per heavy atom. The van der Waals surface area contributed by atoms with E-state index in [-0.39, 0.29) is 5.56 Å². The summed E-state index contributed by atoms with van der Waals surface area (Å²) in [6.45, 7) is 6.09. The Morgan fingerprint density at radius 1 is 1.45 bits per heavy atom. The zero-order chi connectivity index (χ0) is 14.5. The number of aryl methyl sites for hydroxylation is 2. The van der Waals surface area contributed by atoms with Crippen molar-refractivity contribution in [3.05, 3.63) is 22.9 Å². The van der Waals surface area contributed by atoms with Crippen LogP contribution in [0.25, 0.3) is 11.0 Å². The van der Waals surface area contributed by atoms with E-state index in [2.05, 4.69) is 29.2 Å². The minimum atomic E-state index is -0.00253. The van der Waals surface area contributed by atoms with Crippen LogP contribution in [0.5, 0.6) is 0 Å². The summed E-state index contributed by atoms with van der Waals surface area (Å²) in [6, 6.07) is 0.487. The van der Waals surface area contributed by atoms with Gasteiger partial charge in [0.2, 0.25) is 0 Å². The Morgan fingerprint density at radius 2 is 2.25 bits per heavy atom. The normalized spacial score (nSPS) is 12.9. The average molecular weight is 277 g/mol. The number of fused-ring (bicyclic) bond motifs is 1. The Kier molecular flexibility index (Phi) is 4.89. The topological polar surface area (TPSA) is 64.7 Å². The Balaban J connectivity index is 1.97. The molecular weight excluding hydrogens is 254 g/mol. The van der Waals surface area contributed by atoms with Gasteiger partial charge in [-0.2, -0.15) is 5.10 Å². The molecular formula is C14H23N5O. The molecule has 1 unspecified atom stereocenters. The van der Waals surface area contributed by atoms with Gasteiger partial charge in [-0.05, 0) is 32.7 Å². The van der Waals surface area contributed by atoms with E-state index >= 15 is 0 Å². The van der Waals surface area contributed by atoms with Crippen LogP contribution in [0.1, 0.15) is 33.1 Å². The molecule has 0 saturated carbocycles. The zero-order valence-corrected chi connectivity index (χ0v) is 12.5. The van der Waals surface area contributed by atoms with Crippen molar-refractivity contribution in [3.8, 4) is 0 Å². The molecule has 0 radical (unpaired) electrons. The van der Waals surface area contributed by atoms with Crippen molar-refractivity contribution in [2.75, 3.05) is 6.54 Å². The predicted octanol–water partition coefficient (Wildman–Crippen LogP) is 1.30. The third kappa shape index (κ3) is 3.25. The molecule has 0 bridgehead atoms. The summed E-state index contributed by atoms with van der Waals surface area (Å²) in [5, 5.41) is 8.11. The molecule has 110 valence electrons. The molecule has 1 atom stereocenters. The molecule has 20 heavy (non-hydrogen) atoms. The Labute approximate surface area is 118 Å². The third-order valence-corrected chi connectivity index (χ3v) is 3.50. The smallest absolute Gasteiger partial charge is 0.264 e. The minimum absolute atomic E-state index is 0.00253. The first-order valence-corrected chi connectivity index (χ1v) is 7.24. The summed E-state index contributed by atoms with van der Waals surface area (Å²) < 4.78 is 3.30. The average Bonchev–Trinajstić information content (AvgIpc) is 2.81. The van der Waals surface area contributed by atoms with E-state index in [1.54, 1.807) is 28.8 Å². The Hall–Kier alpha value is -1.69. The van der Waals surface area contributed by atoms with Crippen LogP contribution < -0.4 is 10.9 Å². The van der Waals surface area contributed by atoms with Crippen molar-refractivity contribution in [1.29, 1.82) is 0 Å². The monoisotopic (exact) mass is 277 g/mol. The van der Waals surface area contributed by atoms with E-state index in [0.717, 1.165) is 25.8 Å². The molecule has 0 aromatic carbocycles. The fourth-order valence-electron chi connectivity index (χ4n) is 2.29. The SMILES string of the molecule is CCCNC(C)CCCn1cnc2c(cnn2C)c1=O. The highest BCUT2D eigenvalue weighted by Crippen LogP contribution is 2.04. The van der Waals surface area contributed by atoms with Gasteiger partial charge in [-0.3, -0.25) is 14.0 Å². The van der Waals surface area contributed by atoms with E-state index < -0.39 is 0 Å². The Bertz CT molecular complexity index is 616. The van der Waals surface area contributed by atoms with Crippen molar-refractivity contribution in [1.82, 2.24) is 24.6 Å². The minimum Gasteiger partial charge on any atom is -0.314 e. The molecule has 0 saturated heterocycles. The third-order valence-electron chi connectivity index (χ3n) is 3.50. The summed E-state index contributed by atoms with van der Waals surface area (Å²) in [6.07, 6.45) is 6.37. The highest BCUT2D eigenvalue weighted by Gasteiger charge is 2.08. The fourth-order valence-corrected chi connectivity index (χ4v) is 2.29. The van der Waals surface area contributed by atoms with Crippen LogP contribution in [0.2, 0.25) is 0 Å². The number of nitrogens with zero attached hydrogens (tertiary/aromatic N) is 4. The highest BCUT2D eigenvalue weighted by molar-refractivity contribution is 5.72. The van der Waals surface area contributed by atoms with Crippen molar-refractivity contribution in [2.24, 2.45) is 7.05 Å². The summed E-state index contributed by atoms with van der Waals surface area (Å²) in [7, 11) is 1.79. The van der Waals surface area contributed by atoms with E-state index in [1.807, 2.05) is 0 Å². The molecule has 2 rings (SSSR count). The molecule has 0 aliphatic heterocycles. The van der Waals surface area contributed by atoms with Gasteiger partial charge in [-0.15, -0.1) is 0 Å². The van der Waals surface area contributed by atoms with Crippen LogP contribution in [-0.2, 0) is 13.6 Å². The number of aromatic nitrogens is 4. The maximum Gasteiger partial charge on any atom is 0.264 e. The van der Waals surface area contributed by atoms with E-state index in [1.165, 1.54) is 0 Å². The summed E-state index contributed by atoms with van der Waals surface area (Å²) in [5.41, 5.74) is 0.640. The van der Waals surface area contributed by atoms with Gasteiger partial charge in [0.15, 0.2) is 5.65 Å². The highest BCUT2D eigenvalue weighted by atomic mass is 16.1. The van der Waals surface area contributed by atoms with Gasteiger partial charge in [-0.1, -0.05) is 6.92 Å². The predicted molar refractivity (Wildman–Crippen MR) is 79.8 cm³/mol. The molecule has 0 amide bonds. The molecule has 2 heterocycles. The zero-order valence-electron chi connectivity index (χ0n) is 12.5. The van der Waals surface area contributed by atoms with E-state index in [0.29, 0.717) is 23.6 Å². The molecule has 6 heteroatoms. The molecule has 2 aromatic rings. The van der Waals surface area contributed by atoms with Crippen LogP contribution in [0.15, 0.2) is 17.3 Å². The second-order valence-electron chi connectivity index (χ2n) is 5.25. The quantitative estimate of drug-likeness (QED) is 0.828. The number of hydrogen-bond donors (Lipinski definition) is 1. The lowest BCUT2D eigenvalue weighted by molar-refractivity contribution is 0.472. The van der Waals surface area contributed by atoms with Crippen LogP contribution in [0.3, 0.4) is 0 Å². The first-order chi connectivity index (χ1) is 9.63. The number of hydrogen-bond acceptors (Lipinski definition) is 4. The van der Waals surface area contributed by atoms with Gasteiger partial charge in [0.05, 0.1) is 12.5 Å². The van der Waals surface area contributed by atoms with Crippen LogP contribution >= 0.6 is 0 Å². The van der Waals surface area contributed by atoms with E-state index in [9.17, 15) is 4.79 Å². The molecule has 0 aliphatic carbocycles. The molecule has 1 N–H and O–H groups in total. The first kappa shape index (κ1) is 14.7. The van der Waals surface area contributed by atoms with Gasteiger partial charge in [0.1, 0.15) is 5.39 Å². The maximum absolute atomic E-state index is 12.2. The lowest BCUT2D eigenvalue weighted by atomic mass is 10.2. The molecule has 0 fully saturated rings. The molecule has 2 aromatic heterocycles. The van der Waals surface area contributed by atoms with Gasteiger partial charge < -0.3 is 5.32 Å². The second kappa shape index (κ2) is 6.65. The lowest BCUT2D eigenvalue weighted by Gasteiger charge is -2.13. The van der Waals surface area contributed by atoms with Crippen LogP contribution in [0.4, 0.5) is 0 Å². The molecule has 0 spiro atoms. The molecule has 6 nitrogen and oxygen atoms in total. The largest absolute Gasteiger partial charge is 0.314 e. The van der Waals surface area contributed by atoms with Gasteiger partial charge in [0.25, 0.3) is 5.56 Å². The summed E-state index contributed by atoms with van der Waals surface area (Å²) in [4.78, 5) is 16.5. The van der Waals surface area contributed by atoms with Crippen LogP contribution in [0, 0.1) is 0 Å². The van der Waals surface area contributed by atoms with Gasteiger partial charge in [0, 0.05) is 19.6 Å². The number of rotatable bonds is 7. The summed E-state index contributed by atoms with van der Waals surface area (Å²) in [5.74, 6) is 0. The standard InChI is InChI=1S/C14H23N5O/c1-4-7-15-11(2)6-5-8-19-10-16-13-12(14(19)20)9-17-18(13)3/h9-11,15H,4-8H2,1-3H3. The van der Waals surface area contributed by atoms with Crippen molar-refractivity contribution < 1.29 is 0 Å². The van der Waals surface area contributed by atoms with Crippen LogP contribution in [-0.4, -0.2) is 31.9 Å². The van der Waals surface area contributed by atoms with E-state index in [4.69, 9.17) is 0 Å². The number of nitrogens with one attached hydrogen (secondary N) is 1. The first-order valence-electron chi connectivity index (χ1n) is 7.24. The fraction of sp³-hybridized carbons (Fsp3) is 0.643.